The van der Waals surface area contributed by atoms with Gasteiger partial charge in [-0.2, -0.15) is 0 Å². The number of rotatable bonds is 12. The molecule has 0 aromatic heterocycles. The van der Waals surface area contributed by atoms with Crippen molar-refractivity contribution in [3.63, 3.8) is 0 Å². The molecule has 0 heterocycles. The predicted molar refractivity (Wildman–Crippen MR) is 114 cm³/mol. The molecule has 0 saturated heterocycles. The molecule has 0 aliphatic carbocycles. The first-order chi connectivity index (χ1) is 14.7. The highest BCUT2D eigenvalue weighted by Crippen LogP contribution is 2.14. The topological polar surface area (TPSA) is 65.0 Å². The monoisotopic (exact) mass is 406 g/mol. The Kier molecular flexibility index (Phi) is 8.60. The largest absolute Gasteiger partial charge is 0.479 e. The van der Waals surface area contributed by atoms with Crippen LogP contribution in [0, 0.1) is 0 Å². The molecule has 0 fully saturated rings. The maximum absolute atomic E-state index is 11.9. The van der Waals surface area contributed by atoms with Gasteiger partial charge < -0.3 is 19.3 Å². The van der Waals surface area contributed by atoms with E-state index in [-0.39, 0.29) is 19.8 Å². The van der Waals surface area contributed by atoms with Crippen LogP contribution in [-0.4, -0.2) is 29.9 Å². The zero-order chi connectivity index (χ0) is 21.0. The fourth-order valence-corrected chi connectivity index (χ4v) is 2.97. The van der Waals surface area contributed by atoms with E-state index in [9.17, 15) is 9.90 Å². The highest BCUT2D eigenvalue weighted by atomic mass is 16.6. The van der Waals surface area contributed by atoms with Crippen LogP contribution < -0.4 is 0 Å². The normalized spacial score (nSPS) is 12.9. The summed E-state index contributed by atoms with van der Waals surface area (Å²) in [6.07, 6.45) is -1.90. The average molecular weight is 406 g/mol. The lowest BCUT2D eigenvalue weighted by Crippen LogP contribution is -2.41. The third-order valence-corrected chi connectivity index (χ3v) is 4.55. The standard InChI is InChI=1S/C25H26O5/c26-25(27)24(30-18-22-14-8-3-9-15-22)23(29-17-21-12-6-2-7-13-21)19-28-16-20-10-4-1-5-11-20/h1-15,23-24H,16-19H2,(H,26,27)/t23-,24-/m0/s1. The molecule has 3 aromatic carbocycles. The van der Waals surface area contributed by atoms with Crippen LogP contribution in [0.2, 0.25) is 0 Å². The quantitative estimate of drug-likeness (QED) is 0.481. The first-order valence-electron chi connectivity index (χ1n) is 9.88. The number of hydrogen-bond acceptors (Lipinski definition) is 4. The maximum atomic E-state index is 11.9. The Morgan fingerprint density at radius 2 is 1.10 bits per heavy atom. The number of benzene rings is 3. The van der Waals surface area contributed by atoms with Gasteiger partial charge in [0, 0.05) is 0 Å². The van der Waals surface area contributed by atoms with E-state index in [1.807, 2.05) is 91.0 Å². The number of hydrogen-bond donors (Lipinski definition) is 1. The summed E-state index contributed by atoms with van der Waals surface area (Å²) in [5.41, 5.74) is 2.87. The van der Waals surface area contributed by atoms with Crippen molar-refractivity contribution < 1.29 is 24.1 Å². The van der Waals surface area contributed by atoms with Crippen LogP contribution in [0.1, 0.15) is 16.7 Å². The van der Waals surface area contributed by atoms with E-state index in [1.165, 1.54) is 0 Å². The number of carboxylic acids is 1. The summed E-state index contributed by atoms with van der Waals surface area (Å²) in [4.78, 5) is 11.9. The Hall–Kier alpha value is -2.99. The average Bonchev–Trinajstić information content (AvgIpc) is 2.79. The van der Waals surface area contributed by atoms with Crippen molar-refractivity contribution in [2.24, 2.45) is 0 Å². The Labute approximate surface area is 176 Å². The molecule has 1 N–H and O–H groups in total. The van der Waals surface area contributed by atoms with Gasteiger partial charge in [-0.1, -0.05) is 91.0 Å². The van der Waals surface area contributed by atoms with Gasteiger partial charge in [-0.15, -0.1) is 0 Å². The molecule has 3 aromatic rings. The van der Waals surface area contributed by atoms with E-state index < -0.39 is 18.2 Å². The first-order valence-corrected chi connectivity index (χ1v) is 9.88. The van der Waals surface area contributed by atoms with Crippen molar-refractivity contribution in [3.8, 4) is 0 Å². The summed E-state index contributed by atoms with van der Waals surface area (Å²) >= 11 is 0. The molecule has 5 heteroatoms. The van der Waals surface area contributed by atoms with E-state index in [1.54, 1.807) is 0 Å². The van der Waals surface area contributed by atoms with Crippen LogP contribution in [-0.2, 0) is 38.8 Å². The number of aliphatic carboxylic acids is 1. The van der Waals surface area contributed by atoms with Crippen LogP contribution in [0.5, 0.6) is 0 Å². The third kappa shape index (κ3) is 7.12. The van der Waals surface area contributed by atoms with Crippen LogP contribution in [0.25, 0.3) is 0 Å². The fourth-order valence-electron chi connectivity index (χ4n) is 2.97. The first kappa shape index (κ1) is 21.7. The molecule has 2 atom stereocenters. The molecule has 0 saturated carbocycles. The lowest BCUT2D eigenvalue weighted by molar-refractivity contribution is -0.170. The maximum Gasteiger partial charge on any atom is 0.335 e. The molecular weight excluding hydrogens is 380 g/mol. The van der Waals surface area contributed by atoms with Crippen molar-refractivity contribution in [3.05, 3.63) is 108 Å². The van der Waals surface area contributed by atoms with E-state index >= 15 is 0 Å². The minimum absolute atomic E-state index is 0.105. The second-order valence-electron chi connectivity index (χ2n) is 6.89. The van der Waals surface area contributed by atoms with Gasteiger partial charge in [-0.3, -0.25) is 0 Å². The van der Waals surface area contributed by atoms with Gasteiger partial charge >= 0.3 is 5.97 Å². The minimum atomic E-state index is -1.15. The Morgan fingerprint density at radius 3 is 1.57 bits per heavy atom. The van der Waals surface area contributed by atoms with E-state index in [0.29, 0.717) is 6.61 Å². The molecular formula is C25H26O5. The van der Waals surface area contributed by atoms with E-state index in [4.69, 9.17) is 14.2 Å². The number of ether oxygens (including phenoxy) is 3. The van der Waals surface area contributed by atoms with Crippen molar-refractivity contribution in [2.45, 2.75) is 32.0 Å². The third-order valence-electron chi connectivity index (χ3n) is 4.55. The molecule has 0 bridgehead atoms. The molecule has 3 rings (SSSR count). The summed E-state index contributed by atoms with van der Waals surface area (Å²) < 4.78 is 17.5. The molecule has 0 spiro atoms. The van der Waals surface area contributed by atoms with E-state index in [0.717, 1.165) is 16.7 Å². The Morgan fingerprint density at radius 1 is 0.667 bits per heavy atom. The van der Waals surface area contributed by atoms with Gasteiger partial charge in [-0.05, 0) is 16.7 Å². The smallest absolute Gasteiger partial charge is 0.335 e. The van der Waals surface area contributed by atoms with Gasteiger partial charge in [0.1, 0.15) is 6.10 Å². The number of carboxylic acid groups (broad SMARTS) is 1. The van der Waals surface area contributed by atoms with Crippen LogP contribution in [0.4, 0.5) is 0 Å². The molecule has 30 heavy (non-hydrogen) atoms. The zero-order valence-electron chi connectivity index (χ0n) is 16.7. The second kappa shape index (κ2) is 11.9. The van der Waals surface area contributed by atoms with Crippen LogP contribution in [0.3, 0.4) is 0 Å². The fraction of sp³-hybridized carbons (Fsp3) is 0.240. The lowest BCUT2D eigenvalue weighted by atomic mass is 10.2. The highest BCUT2D eigenvalue weighted by molar-refractivity contribution is 5.73. The molecule has 156 valence electrons. The molecule has 5 nitrogen and oxygen atoms in total. The van der Waals surface area contributed by atoms with Crippen molar-refractivity contribution >= 4 is 5.97 Å². The summed E-state index contributed by atoms with van der Waals surface area (Å²) in [6.45, 7) is 0.935. The summed E-state index contributed by atoms with van der Waals surface area (Å²) in [5.74, 6) is -1.08. The van der Waals surface area contributed by atoms with Crippen LogP contribution >= 0.6 is 0 Å². The van der Waals surface area contributed by atoms with Gasteiger partial charge in [0.2, 0.25) is 0 Å². The van der Waals surface area contributed by atoms with Gasteiger partial charge in [0.15, 0.2) is 6.10 Å². The minimum Gasteiger partial charge on any atom is -0.479 e. The molecule has 0 unspecified atom stereocenters. The molecule has 0 radical (unpaired) electrons. The molecule has 0 aliphatic heterocycles. The van der Waals surface area contributed by atoms with Gasteiger partial charge in [0.05, 0.1) is 26.4 Å². The van der Waals surface area contributed by atoms with Gasteiger partial charge in [0.25, 0.3) is 0 Å². The van der Waals surface area contributed by atoms with Crippen LogP contribution in [0.15, 0.2) is 91.0 Å². The molecule has 0 aliphatic rings. The van der Waals surface area contributed by atoms with Gasteiger partial charge in [-0.25, -0.2) is 4.79 Å². The summed E-state index contributed by atoms with van der Waals surface area (Å²) in [7, 11) is 0. The summed E-state index contributed by atoms with van der Waals surface area (Å²) in [6, 6.07) is 28.8. The van der Waals surface area contributed by atoms with Crippen molar-refractivity contribution in [1.29, 1.82) is 0 Å². The van der Waals surface area contributed by atoms with E-state index in [2.05, 4.69) is 0 Å². The lowest BCUT2D eigenvalue weighted by Gasteiger charge is -2.25. The molecule has 0 amide bonds. The number of carbonyl (C=O) groups is 1. The van der Waals surface area contributed by atoms with Crippen molar-refractivity contribution in [1.82, 2.24) is 0 Å². The highest BCUT2D eigenvalue weighted by Gasteiger charge is 2.30. The van der Waals surface area contributed by atoms with Crippen molar-refractivity contribution in [2.75, 3.05) is 6.61 Å². The SMILES string of the molecule is O=C(O)[C@@H](OCc1ccccc1)[C@H](COCc1ccccc1)OCc1ccccc1. The Bertz CT molecular complexity index is 868. The summed E-state index contributed by atoms with van der Waals surface area (Å²) in [5, 5.41) is 9.77. The second-order valence-corrected chi connectivity index (χ2v) is 6.89. The predicted octanol–water partition coefficient (Wildman–Crippen LogP) is 4.46. The Balaban J connectivity index is 1.64. The zero-order valence-corrected chi connectivity index (χ0v) is 16.7.